The fourth-order valence-electron chi connectivity index (χ4n) is 2.76. The Morgan fingerprint density at radius 1 is 0.833 bits per heavy atom. The SMILES string of the molecule is O=C(OC1CCCCO1)c1cccc(C(=O)OC2CCCCO2)c1. The van der Waals surface area contributed by atoms with Crippen LogP contribution in [0.15, 0.2) is 24.3 Å². The summed E-state index contributed by atoms with van der Waals surface area (Å²) in [4.78, 5) is 24.4. The lowest BCUT2D eigenvalue weighted by molar-refractivity contribution is -0.131. The summed E-state index contributed by atoms with van der Waals surface area (Å²) in [6.45, 7) is 1.21. The summed E-state index contributed by atoms with van der Waals surface area (Å²) in [5.41, 5.74) is 0.617. The molecule has 1 aromatic carbocycles. The second kappa shape index (κ2) is 8.26. The van der Waals surface area contributed by atoms with Gasteiger partial charge in [0.15, 0.2) is 0 Å². The predicted octanol–water partition coefficient (Wildman–Crippen LogP) is 3.05. The Kier molecular flexibility index (Phi) is 5.82. The van der Waals surface area contributed by atoms with Gasteiger partial charge in [-0.05, 0) is 43.9 Å². The molecule has 0 aromatic heterocycles. The summed E-state index contributed by atoms with van der Waals surface area (Å²) in [7, 11) is 0. The molecule has 24 heavy (non-hydrogen) atoms. The fraction of sp³-hybridized carbons (Fsp3) is 0.556. The van der Waals surface area contributed by atoms with Crippen LogP contribution >= 0.6 is 0 Å². The van der Waals surface area contributed by atoms with Gasteiger partial charge >= 0.3 is 11.9 Å². The predicted molar refractivity (Wildman–Crippen MR) is 84.5 cm³/mol. The molecular formula is C18H22O6. The van der Waals surface area contributed by atoms with E-state index in [1.165, 1.54) is 6.07 Å². The molecule has 2 aliphatic rings. The fourth-order valence-corrected chi connectivity index (χ4v) is 2.76. The number of benzene rings is 1. The average Bonchev–Trinajstić information content (AvgIpc) is 2.63. The Morgan fingerprint density at radius 3 is 1.75 bits per heavy atom. The highest BCUT2D eigenvalue weighted by Gasteiger charge is 2.22. The molecule has 0 spiro atoms. The Hall–Kier alpha value is -1.92. The van der Waals surface area contributed by atoms with Gasteiger partial charge in [0.05, 0.1) is 24.3 Å². The Morgan fingerprint density at radius 2 is 1.33 bits per heavy atom. The van der Waals surface area contributed by atoms with E-state index in [9.17, 15) is 9.59 Å². The Bertz CT molecular complexity index is 525. The third-order valence-corrected chi connectivity index (χ3v) is 4.09. The molecule has 0 amide bonds. The van der Waals surface area contributed by atoms with Crippen LogP contribution in [0.1, 0.15) is 59.2 Å². The van der Waals surface area contributed by atoms with E-state index in [0.29, 0.717) is 37.2 Å². The van der Waals surface area contributed by atoms with Crippen molar-refractivity contribution >= 4 is 11.9 Å². The minimum atomic E-state index is -0.502. The highest BCUT2D eigenvalue weighted by Crippen LogP contribution is 2.18. The molecule has 0 radical (unpaired) electrons. The summed E-state index contributed by atoms with van der Waals surface area (Å²) < 4.78 is 21.4. The number of rotatable bonds is 4. The van der Waals surface area contributed by atoms with Gasteiger partial charge in [0.1, 0.15) is 0 Å². The number of ether oxygens (including phenoxy) is 4. The molecular weight excluding hydrogens is 312 g/mol. The van der Waals surface area contributed by atoms with E-state index >= 15 is 0 Å². The van der Waals surface area contributed by atoms with Crippen LogP contribution in [0.25, 0.3) is 0 Å². The largest absolute Gasteiger partial charge is 0.432 e. The molecule has 2 saturated heterocycles. The van der Waals surface area contributed by atoms with Gasteiger partial charge < -0.3 is 18.9 Å². The Balaban J connectivity index is 1.60. The first-order chi connectivity index (χ1) is 11.7. The minimum absolute atomic E-state index is 0.309. The molecule has 2 atom stereocenters. The quantitative estimate of drug-likeness (QED) is 0.788. The zero-order chi connectivity index (χ0) is 16.8. The van der Waals surface area contributed by atoms with Gasteiger partial charge in [-0.3, -0.25) is 0 Å². The maximum absolute atomic E-state index is 12.2. The molecule has 0 bridgehead atoms. The first-order valence-corrected chi connectivity index (χ1v) is 8.47. The number of esters is 2. The lowest BCUT2D eigenvalue weighted by Crippen LogP contribution is -2.26. The summed E-state index contributed by atoms with van der Waals surface area (Å²) in [5.74, 6) is -0.990. The number of carbonyl (C=O) groups excluding carboxylic acids is 2. The van der Waals surface area contributed by atoms with Crippen molar-refractivity contribution in [3.05, 3.63) is 35.4 Å². The van der Waals surface area contributed by atoms with Gasteiger partial charge in [0.25, 0.3) is 0 Å². The zero-order valence-electron chi connectivity index (χ0n) is 13.6. The molecule has 2 fully saturated rings. The van der Waals surface area contributed by atoms with Crippen LogP contribution in [0.5, 0.6) is 0 Å². The summed E-state index contributed by atoms with van der Waals surface area (Å²) in [6.07, 6.45) is 4.32. The van der Waals surface area contributed by atoms with Crippen LogP contribution in [-0.2, 0) is 18.9 Å². The smallest absolute Gasteiger partial charge is 0.340 e. The van der Waals surface area contributed by atoms with E-state index in [-0.39, 0.29) is 0 Å². The molecule has 6 nitrogen and oxygen atoms in total. The van der Waals surface area contributed by atoms with E-state index in [1.54, 1.807) is 18.2 Å². The summed E-state index contributed by atoms with van der Waals surface area (Å²) in [5, 5.41) is 0. The summed E-state index contributed by atoms with van der Waals surface area (Å²) >= 11 is 0. The second-order valence-electron chi connectivity index (χ2n) is 5.98. The number of hydrogen-bond acceptors (Lipinski definition) is 6. The molecule has 130 valence electrons. The monoisotopic (exact) mass is 334 g/mol. The molecule has 2 unspecified atom stereocenters. The average molecular weight is 334 g/mol. The molecule has 6 heteroatoms. The highest BCUT2D eigenvalue weighted by molar-refractivity contribution is 5.95. The van der Waals surface area contributed by atoms with Gasteiger partial charge in [0.2, 0.25) is 12.6 Å². The van der Waals surface area contributed by atoms with Crippen molar-refractivity contribution in [2.24, 2.45) is 0 Å². The number of hydrogen-bond donors (Lipinski definition) is 0. The third kappa shape index (κ3) is 4.55. The molecule has 0 saturated carbocycles. The van der Waals surface area contributed by atoms with Crippen LogP contribution < -0.4 is 0 Å². The molecule has 2 heterocycles. The van der Waals surface area contributed by atoms with Crippen LogP contribution in [0.2, 0.25) is 0 Å². The van der Waals surface area contributed by atoms with E-state index in [2.05, 4.69) is 0 Å². The van der Waals surface area contributed by atoms with Crippen molar-refractivity contribution in [2.45, 2.75) is 51.1 Å². The minimum Gasteiger partial charge on any atom is -0.432 e. The van der Waals surface area contributed by atoms with Gasteiger partial charge in [-0.1, -0.05) is 6.07 Å². The van der Waals surface area contributed by atoms with Crippen LogP contribution in [0.3, 0.4) is 0 Å². The van der Waals surface area contributed by atoms with Gasteiger partial charge in [0, 0.05) is 12.8 Å². The number of carbonyl (C=O) groups is 2. The van der Waals surface area contributed by atoms with E-state index in [0.717, 1.165) is 25.7 Å². The lowest BCUT2D eigenvalue weighted by atomic mass is 10.1. The standard InChI is InChI=1S/C18H22O6/c19-17(23-15-8-1-3-10-21-15)13-6-5-7-14(12-13)18(20)24-16-9-2-4-11-22-16/h5-7,12,15-16H,1-4,8-11H2. The first kappa shape index (κ1) is 16.9. The van der Waals surface area contributed by atoms with Crippen molar-refractivity contribution in [1.29, 1.82) is 0 Å². The summed E-state index contributed by atoms with van der Waals surface area (Å²) in [6, 6.07) is 6.34. The van der Waals surface area contributed by atoms with Crippen molar-refractivity contribution in [2.75, 3.05) is 13.2 Å². The molecule has 1 aromatic rings. The lowest BCUT2D eigenvalue weighted by Gasteiger charge is -2.23. The van der Waals surface area contributed by atoms with Gasteiger partial charge in [-0.25, -0.2) is 9.59 Å². The maximum Gasteiger partial charge on any atom is 0.340 e. The maximum atomic E-state index is 12.2. The van der Waals surface area contributed by atoms with Crippen LogP contribution in [0.4, 0.5) is 0 Å². The molecule has 3 rings (SSSR count). The normalized spacial score (nSPS) is 24.2. The second-order valence-corrected chi connectivity index (χ2v) is 5.98. The van der Waals surface area contributed by atoms with Crippen molar-refractivity contribution < 1.29 is 28.5 Å². The van der Waals surface area contributed by atoms with E-state index < -0.39 is 24.5 Å². The zero-order valence-corrected chi connectivity index (χ0v) is 13.6. The Labute approximate surface area is 141 Å². The van der Waals surface area contributed by atoms with E-state index in [4.69, 9.17) is 18.9 Å². The highest BCUT2D eigenvalue weighted by atomic mass is 16.7. The molecule has 0 N–H and O–H groups in total. The molecule has 0 aliphatic carbocycles. The van der Waals surface area contributed by atoms with Crippen molar-refractivity contribution in [1.82, 2.24) is 0 Å². The topological polar surface area (TPSA) is 71.1 Å². The van der Waals surface area contributed by atoms with Crippen LogP contribution in [-0.4, -0.2) is 37.7 Å². The third-order valence-electron chi connectivity index (χ3n) is 4.09. The van der Waals surface area contributed by atoms with Crippen LogP contribution in [0, 0.1) is 0 Å². The van der Waals surface area contributed by atoms with E-state index in [1.807, 2.05) is 0 Å². The van der Waals surface area contributed by atoms with Gasteiger partial charge in [-0.15, -0.1) is 0 Å². The first-order valence-electron chi connectivity index (χ1n) is 8.47. The van der Waals surface area contributed by atoms with Crippen molar-refractivity contribution in [3.63, 3.8) is 0 Å². The van der Waals surface area contributed by atoms with Gasteiger partial charge in [-0.2, -0.15) is 0 Å². The molecule has 2 aliphatic heterocycles. The van der Waals surface area contributed by atoms with Crippen molar-refractivity contribution in [3.8, 4) is 0 Å².